The van der Waals surface area contributed by atoms with Crippen molar-refractivity contribution in [3.8, 4) is 0 Å². The minimum atomic E-state index is -1.46. The second-order valence-corrected chi connectivity index (χ2v) is 4.87. The van der Waals surface area contributed by atoms with Gasteiger partial charge in [-0.1, -0.05) is 12.1 Å². The van der Waals surface area contributed by atoms with Crippen LogP contribution in [0.2, 0.25) is 0 Å². The fraction of sp³-hybridized carbons (Fsp3) is 0.200. The number of hydrogen-bond acceptors (Lipinski definition) is 4. The minimum Gasteiger partial charge on any atom is -0.466 e. The second kappa shape index (κ2) is 6.40. The van der Waals surface area contributed by atoms with Crippen molar-refractivity contribution in [1.29, 1.82) is 0 Å². The first-order valence-corrected chi connectivity index (χ1v) is 6.50. The lowest BCUT2D eigenvalue weighted by Crippen LogP contribution is -2.43. The Hall–Kier alpha value is -2.67. The molecule has 0 saturated heterocycles. The van der Waals surface area contributed by atoms with E-state index in [-0.39, 0.29) is 18.0 Å². The van der Waals surface area contributed by atoms with Crippen LogP contribution in [0.15, 0.2) is 47.1 Å². The van der Waals surface area contributed by atoms with Crippen LogP contribution in [0, 0.1) is 5.82 Å². The quantitative estimate of drug-likeness (QED) is 0.744. The summed E-state index contributed by atoms with van der Waals surface area (Å²) >= 11 is 0. The maximum atomic E-state index is 13.4. The van der Waals surface area contributed by atoms with Gasteiger partial charge in [-0.15, -0.1) is 0 Å². The third kappa shape index (κ3) is 3.70. The fourth-order valence-corrected chi connectivity index (χ4v) is 1.75. The molecule has 0 radical (unpaired) electrons. The molecule has 0 aliphatic heterocycles. The van der Waals surface area contributed by atoms with E-state index in [1.807, 2.05) is 0 Å². The van der Waals surface area contributed by atoms with Crippen molar-refractivity contribution in [3.05, 3.63) is 54.2 Å². The highest BCUT2D eigenvalue weighted by molar-refractivity contribution is 6.39. The number of nitrogens with one attached hydrogen (secondary N) is 2. The van der Waals surface area contributed by atoms with Gasteiger partial charge in [0.25, 0.3) is 0 Å². The molecule has 1 aromatic carbocycles. The van der Waals surface area contributed by atoms with Crippen LogP contribution >= 0.6 is 0 Å². The van der Waals surface area contributed by atoms with E-state index in [1.54, 1.807) is 12.1 Å². The molecule has 0 saturated carbocycles. The number of anilines is 1. The number of amides is 2. The number of halogens is 1. The summed E-state index contributed by atoms with van der Waals surface area (Å²) in [6.07, 6.45) is 1.39. The molecule has 7 heteroatoms. The molecule has 116 valence electrons. The van der Waals surface area contributed by atoms with Gasteiger partial charge in [-0.05, 0) is 31.2 Å². The Labute approximate surface area is 125 Å². The highest BCUT2D eigenvalue weighted by Crippen LogP contribution is 2.19. The van der Waals surface area contributed by atoms with Gasteiger partial charge in [0.05, 0.1) is 18.5 Å². The summed E-state index contributed by atoms with van der Waals surface area (Å²) in [5, 5.41) is 14.6. The van der Waals surface area contributed by atoms with E-state index in [1.165, 1.54) is 31.4 Å². The van der Waals surface area contributed by atoms with E-state index < -0.39 is 23.2 Å². The number of benzene rings is 1. The van der Waals surface area contributed by atoms with Crippen LogP contribution in [0.1, 0.15) is 12.7 Å². The zero-order chi connectivity index (χ0) is 16.2. The van der Waals surface area contributed by atoms with Crippen LogP contribution in [-0.4, -0.2) is 23.5 Å². The molecule has 1 heterocycles. The summed E-state index contributed by atoms with van der Waals surface area (Å²) in [5.41, 5.74) is -1.56. The van der Waals surface area contributed by atoms with Crippen LogP contribution in [0.25, 0.3) is 0 Å². The zero-order valence-corrected chi connectivity index (χ0v) is 11.8. The molecular weight excluding hydrogens is 291 g/mol. The molecule has 0 spiro atoms. The molecule has 6 nitrogen and oxygen atoms in total. The van der Waals surface area contributed by atoms with Crippen LogP contribution < -0.4 is 10.6 Å². The fourth-order valence-electron chi connectivity index (χ4n) is 1.75. The summed E-state index contributed by atoms with van der Waals surface area (Å²) < 4.78 is 18.4. The maximum Gasteiger partial charge on any atom is 0.313 e. The largest absolute Gasteiger partial charge is 0.466 e. The number of carbonyl (C=O) groups excluding carboxylic acids is 2. The number of aliphatic hydroxyl groups is 1. The molecular formula is C15H15FN2O4. The molecule has 1 aromatic heterocycles. The van der Waals surface area contributed by atoms with Gasteiger partial charge in [0.1, 0.15) is 17.2 Å². The van der Waals surface area contributed by atoms with Gasteiger partial charge in [0.2, 0.25) is 0 Å². The van der Waals surface area contributed by atoms with E-state index in [0.717, 1.165) is 6.07 Å². The lowest BCUT2D eigenvalue weighted by molar-refractivity contribution is -0.136. The molecule has 0 bridgehead atoms. The van der Waals surface area contributed by atoms with E-state index in [2.05, 4.69) is 10.6 Å². The average Bonchev–Trinajstić information content (AvgIpc) is 3.02. The number of carbonyl (C=O) groups is 2. The van der Waals surface area contributed by atoms with Gasteiger partial charge < -0.3 is 20.2 Å². The number of para-hydroxylation sites is 1. The summed E-state index contributed by atoms with van der Waals surface area (Å²) in [6, 6.07) is 8.63. The maximum absolute atomic E-state index is 13.4. The third-order valence-electron chi connectivity index (χ3n) is 2.97. The molecule has 1 unspecified atom stereocenters. The Morgan fingerprint density at radius 3 is 2.59 bits per heavy atom. The van der Waals surface area contributed by atoms with Crippen molar-refractivity contribution in [1.82, 2.24) is 5.32 Å². The predicted octanol–water partition coefficient (Wildman–Crippen LogP) is 1.38. The van der Waals surface area contributed by atoms with Crippen LogP contribution in [-0.2, 0) is 15.2 Å². The summed E-state index contributed by atoms with van der Waals surface area (Å²) in [5.74, 6) is -2.41. The topological polar surface area (TPSA) is 91.6 Å². The van der Waals surface area contributed by atoms with Crippen LogP contribution in [0.5, 0.6) is 0 Å². The first-order chi connectivity index (χ1) is 10.4. The highest BCUT2D eigenvalue weighted by Gasteiger charge is 2.28. The Bertz CT molecular complexity index is 668. The monoisotopic (exact) mass is 306 g/mol. The molecule has 22 heavy (non-hydrogen) atoms. The summed E-state index contributed by atoms with van der Waals surface area (Å²) in [6.45, 7) is 1.20. The Morgan fingerprint density at radius 1 is 1.23 bits per heavy atom. The van der Waals surface area contributed by atoms with Crippen molar-refractivity contribution >= 4 is 17.5 Å². The van der Waals surface area contributed by atoms with Gasteiger partial charge in [0, 0.05) is 0 Å². The van der Waals surface area contributed by atoms with Crippen molar-refractivity contribution in [2.24, 2.45) is 0 Å². The summed E-state index contributed by atoms with van der Waals surface area (Å²) in [7, 11) is 0. The van der Waals surface area contributed by atoms with E-state index in [0.29, 0.717) is 0 Å². The highest BCUT2D eigenvalue weighted by atomic mass is 19.1. The first-order valence-electron chi connectivity index (χ1n) is 6.50. The van der Waals surface area contributed by atoms with Crippen molar-refractivity contribution in [2.45, 2.75) is 12.5 Å². The molecule has 2 amide bonds. The van der Waals surface area contributed by atoms with Gasteiger partial charge in [0.15, 0.2) is 0 Å². The smallest absolute Gasteiger partial charge is 0.313 e. The minimum absolute atomic E-state index is 0.0968. The van der Waals surface area contributed by atoms with E-state index >= 15 is 0 Å². The standard InChI is InChI=1S/C15H15FN2O4/c1-15(21,12-7-4-8-22-12)9-17-13(19)14(20)18-11-6-3-2-5-10(11)16/h2-8,21H,9H2,1H3,(H,17,19)(H,18,20). The van der Waals surface area contributed by atoms with Crippen molar-refractivity contribution in [3.63, 3.8) is 0 Å². The second-order valence-electron chi connectivity index (χ2n) is 4.87. The lowest BCUT2D eigenvalue weighted by atomic mass is 10.0. The molecule has 0 fully saturated rings. The molecule has 2 rings (SSSR count). The number of hydrogen-bond donors (Lipinski definition) is 3. The molecule has 2 aromatic rings. The molecule has 0 aliphatic rings. The average molecular weight is 306 g/mol. The van der Waals surface area contributed by atoms with Crippen LogP contribution in [0.3, 0.4) is 0 Å². The predicted molar refractivity (Wildman–Crippen MR) is 76.3 cm³/mol. The number of furan rings is 1. The Morgan fingerprint density at radius 2 is 1.95 bits per heavy atom. The van der Waals surface area contributed by atoms with Crippen LogP contribution in [0.4, 0.5) is 10.1 Å². The van der Waals surface area contributed by atoms with E-state index in [4.69, 9.17) is 4.42 Å². The lowest BCUT2D eigenvalue weighted by Gasteiger charge is -2.20. The van der Waals surface area contributed by atoms with Gasteiger partial charge >= 0.3 is 11.8 Å². The number of rotatable bonds is 4. The Balaban J connectivity index is 1.92. The van der Waals surface area contributed by atoms with Gasteiger partial charge in [-0.3, -0.25) is 9.59 Å². The van der Waals surface area contributed by atoms with E-state index in [9.17, 15) is 19.1 Å². The molecule has 1 atom stereocenters. The van der Waals surface area contributed by atoms with Crippen molar-refractivity contribution < 1.29 is 23.5 Å². The molecule has 3 N–H and O–H groups in total. The zero-order valence-electron chi connectivity index (χ0n) is 11.8. The summed E-state index contributed by atoms with van der Waals surface area (Å²) in [4.78, 5) is 23.4. The van der Waals surface area contributed by atoms with Crippen molar-refractivity contribution in [2.75, 3.05) is 11.9 Å². The van der Waals surface area contributed by atoms with Gasteiger partial charge in [-0.2, -0.15) is 0 Å². The normalized spacial score (nSPS) is 13.2. The SMILES string of the molecule is CC(O)(CNC(=O)C(=O)Nc1ccccc1F)c1ccco1. The first kappa shape index (κ1) is 15.7. The third-order valence-corrected chi connectivity index (χ3v) is 2.97. The van der Waals surface area contributed by atoms with Gasteiger partial charge in [-0.25, -0.2) is 4.39 Å². The molecule has 0 aliphatic carbocycles. The Kier molecular flexibility index (Phi) is 4.57.